The normalized spacial score (nSPS) is 31.6. The minimum Gasteiger partial charge on any atom is -0.469 e. The first kappa shape index (κ1) is 19.1. The molecule has 138 valence electrons. The molecule has 6 heteroatoms. The fourth-order valence-corrected chi connectivity index (χ4v) is 7.26. The monoisotopic (exact) mass is 382 g/mol. The Kier molecular flexibility index (Phi) is 6.36. The Balaban J connectivity index is 2.01. The molecule has 2 heterocycles. The molecule has 2 aliphatic rings. The third kappa shape index (κ3) is 4.02. The molecule has 3 rings (SSSR count). The molecule has 0 unspecified atom stereocenters. The number of benzene rings is 1. The van der Waals surface area contributed by atoms with Gasteiger partial charge in [-0.3, -0.25) is 4.79 Å². The summed E-state index contributed by atoms with van der Waals surface area (Å²) < 4.78 is 11.6. The Labute approximate surface area is 158 Å². The van der Waals surface area contributed by atoms with Crippen LogP contribution in [0.15, 0.2) is 30.3 Å². The maximum atomic E-state index is 12.3. The fourth-order valence-electron chi connectivity index (χ4n) is 3.79. The zero-order valence-corrected chi connectivity index (χ0v) is 16.4. The van der Waals surface area contributed by atoms with E-state index in [9.17, 15) is 9.90 Å². The van der Waals surface area contributed by atoms with E-state index >= 15 is 0 Å². The molecule has 25 heavy (non-hydrogen) atoms. The van der Waals surface area contributed by atoms with Crippen molar-refractivity contribution in [2.75, 3.05) is 18.6 Å². The number of rotatable bonds is 5. The number of esters is 1. The van der Waals surface area contributed by atoms with Crippen molar-refractivity contribution in [1.82, 2.24) is 0 Å². The quantitative estimate of drug-likeness (QED) is 0.785. The minimum absolute atomic E-state index is 0.206. The molecule has 0 aliphatic carbocycles. The largest absolute Gasteiger partial charge is 0.469 e. The summed E-state index contributed by atoms with van der Waals surface area (Å²) in [6.07, 6.45) is 1.13. The second-order valence-corrected chi connectivity index (χ2v) is 9.55. The molecule has 0 amide bonds. The zero-order valence-electron chi connectivity index (χ0n) is 14.7. The van der Waals surface area contributed by atoms with Crippen LogP contribution < -0.4 is 0 Å². The topological polar surface area (TPSA) is 55.8 Å². The van der Waals surface area contributed by atoms with E-state index in [4.69, 9.17) is 9.47 Å². The van der Waals surface area contributed by atoms with Crippen LogP contribution >= 0.6 is 23.5 Å². The fraction of sp³-hybridized carbons (Fsp3) is 0.632. The van der Waals surface area contributed by atoms with E-state index in [2.05, 4.69) is 12.1 Å². The Hall–Kier alpha value is -0.690. The molecule has 0 saturated carbocycles. The lowest BCUT2D eigenvalue weighted by Crippen LogP contribution is -2.38. The van der Waals surface area contributed by atoms with Gasteiger partial charge in [-0.25, -0.2) is 0 Å². The third-order valence-electron chi connectivity index (χ3n) is 5.05. The zero-order chi connectivity index (χ0) is 17.9. The standard InChI is InChI=1S/C19H26O4S2/c1-13(20)15-11-19(12-16(21)22-2,18-24-9-6-10-25-18)17(23-15)14-7-4-3-5-8-14/h3-5,7-8,13,15,17-18,20H,6,9-12H2,1-2H3/t13-,15+,17-,19-/m1/s1. The van der Waals surface area contributed by atoms with E-state index in [1.165, 1.54) is 13.5 Å². The Bertz CT molecular complexity index is 574. The lowest BCUT2D eigenvalue weighted by molar-refractivity contribution is -0.144. The lowest BCUT2D eigenvalue weighted by Gasteiger charge is -2.41. The van der Waals surface area contributed by atoms with Gasteiger partial charge in [0.05, 0.1) is 36.4 Å². The number of aliphatic hydroxyl groups is 1. The molecular weight excluding hydrogens is 356 g/mol. The maximum Gasteiger partial charge on any atom is 0.306 e. The second kappa shape index (κ2) is 8.33. The van der Waals surface area contributed by atoms with Gasteiger partial charge in [0.2, 0.25) is 0 Å². The van der Waals surface area contributed by atoms with E-state index in [0.717, 1.165) is 17.1 Å². The van der Waals surface area contributed by atoms with Crippen molar-refractivity contribution in [3.05, 3.63) is 35.9 Å². The highest BCUT2D eigenvalue weighted by Crippen LogP contribution is 2.60. The summed E-state index contributed by atoms with van der Waals surface area (Å²) >= 11 is 3.84. The van der Waals surface area contributed by atoms with Crippen molar-refractivity contribution in [2.24, 2.45) is 5.41 Å². The number of hydrogen-bond acceptors (Lipinski definition) is 6. The molecule has 4 nitrogen and oxygen atoms in total. The maximum absolute atomic E-state index is 12.3. The van der Waals surface area contributed by atoms with Crippen LogP contribution in [0.4, 0.5) is 0 Å². The Morgan fingerprint density at radius 1 is 1.36 bits per heavy atom. The summed E-state index contributed by atoms with van der Waals surface area (Å²) in [5.74, 6) is 1.99. The summed E-state index contributed by atoms with van der Waals surface area (Å²) in [7, 11) is 1.44. The van der Waals surface area contributed by atoms with Gasteiger partial charge in [0.15, 0.2) is 0 Å². The average Bonchev–Trinajstić information content (AvgIpc) is 3.04. The molecule has 0 radical (unpaired) electrons. The van der Waals surface area contributed by atoms with Crippen molar-refractivity contribution in [2.45, 2.75) is 49.1 Å². The van der Waals surface area contributed by atoms with Crippen LogP contribution in [0.5, 0.6) is 0 Å². The van der Waals surface area contributed by atoms with E-state index in [-0.39, 0.29) is 28.2 Å². The van der Waals surface area contributed by atoms with E-state index in [0.29, 0.717) is 12.8 Å². The SMILES string of the molecule is COC(=O)C[C@]1(C2SCCCS2)C[C@@H]([C@@H](C)O)O[C@@H]1c1ccccc1. The van der Waals surface area contributed by atoms with Crippen molar-refractivity contribution in [3.8, 4) is 0 Å². The molecular formula is C19H26O4S2. The molecule has 0 bridgehead atoms. The van der Waals surface area contributed by atoms with E-state index < -0.39 is 6.10 Å². The summed E-state index contributed by atoms with van der Waals surface area (Å²) in [4.78, 5) is 12.3. The molecule has 2 aliphatic heterocycles. The first-order chi connectivity index (χ1) is 12.1. The highest BCUT2D eigenvalue weighted by atomic mass is 32.2. The highest BCUT2D eigenvalue weighted by Gasteiger charge is 2.56. The minimum atomic E-state index is -0.565. The third-order valence-corrected chi connectivity index (χ3v) is 8.46. The lowest BCUT2D eigenvalue weighted by atomic mass is 9.75. The summed E-state index contributed by atoms with van der Waals surface area (Å²) in [5.41, 5.74) is 0.701. The predicted molar refractivity (Wildman–Crippen MR) is 103 cm³/mol. The molecule has 4 atom stereocenters. The predicted octanol–water partition coefficient (Wildman–Crippen LogP) is 3.64. The molecule has 1 aromatic carbocycles. The van der Waals surface area contributed by atoms with Gasteiger partial charge in [0.1, 0.15) is 0 Å². The molecule has 0 spiro atoms. The van der Waals surface area contributed by atoms with Crippen LogP contribution in [0.1, 0.15) is 37.9 Å². The number of ether oxygens (including phenoxy) is 2. The van der Waals surface area contributed by atoms with Gasteiger partial charge in [-0.2, -0.15) is 0 Å². The highest BCUT2D eigenvalue weighted by molar-refractivity contribution is 8.17. The van der Waals surface area contributed by atoms with Gasteiger partial charge in [0.25, 0.3) is 0 Å². The van der Waals surface area contributed by atoms with Gasteiger partial charge < -0.3 is 14.6 Å². The summed E-state index contributed by atoms with van der Waals surface area (Å²) in [6, 6.07) is 10.1. The van der Waals surface area contributed by atoms with Crippen LogP contribution in [0.2, 0.25) is 0 Å². The van der Waals surface area contributed by atoms with Crippen LogP contribution in [0.25, 0.3) is 0 Å². The molecule has 1 N–H and O–H groups in total. The molecule has 2 saturated heterocycles. The van der Waals surface area contributed by atoms with Crippen molar-refractivity contribution in [3.63, 3.8) is 0 Å². The smallest absolute Gasteiger partial charge is 0.306 e. The average molecular weight is 383 g/mol. The molecule has 0 aromatic heterocycles. The Morgan fingerprint density at radius 2 is 2.04 bits per heavy atom. The number of carbonyl (C=O) groups is 1. The van der Waals surface area contributed by atoms with E-state index in [1.54, 1.807) is 6.92 Å². The van der Waals surface area contributed by atoms with Gasteiger partial charge >= 0.3 is 5.97 Å². The first-order valence-corrected chi connectivity index (χ1v) is 10.8. The summed E-state index contributed by atoms with van der Waals surface area (Å²) in [5, 5.41) is 10.2. The second-order valence-electron chi connectivity index (χ2n) is 6.82. The number of thioether (sulfide) groups is 2. The van der Waals surface area contributed by atoms with Crippen LogP contribution in [0, 0.1) is 5.41 Å². The van der Waals surface area contributed by atoms with Crippen LogP contribution in [-0.2, 0) is 14.3 Å². The van der Waals surface area contributed by atoms with E-state index in [1.807, 2.05) is 41.7 Å². The number of hydrogen-bond donors (Lipinski definition) is 1. The number of methoxy groups -OCH3 is 1. The first-order valence-electron chi connectivity index (χ1n) is 8.75. The van der Waals surface area contributed by atoms with Gasteiger partial charge in [0, 0.05) is 5.41 Å². The van der Waals surface area contributed by atoms with Crippen LogP contribution in [-0.4, -0.2) is 46.5 Å². The van der Waals surface area contributed by atoms with Gasteiger partial charge in [-0.05, 0) is 36.8 Å². The summed E-state index contributed by atoms with van der Waals surface area (Å²) in [6.45, 7) is 1.77. The number of carbonyl (C=O) groups excluding carboxylic acids is 1. The van der Waals surface area contributed by atoms with Crippen molar-refractivity contribution in [1.29, 1.82) is 0 Å². The Morgan fingerprint density at radius 3 is 2.64 bits per heavy atom. The van der Waals surface area contributed by atoms with Gasteiger partial charge in [-0.1, -0.05) is 30.3 Å². The van der Waals surface area contributed by atoms with Crippen LogP contribution in [0.3, 0.4) is 0 Å². The van der Waals surface area contributed by atoms with Crippen molar-refractivity contribution >= 4 is 29.5 Å². The van der Waals surface area contributed by atoms with Crippen molar-refractivity contribution < 1.29 is 19.4 Å². The molecule has 2 fully saturated rings. The number of aliphatic hydroxyl groups excluding tert-OH is 1. The van der Waals surface area contributed by atoms with Gasteiger partial charge in [-0.15, -0.1) is 23.5 Å². The molecule has 1 aromatic rings.